The van der Waals surface area contributed by atoms with Gasteiger partial charge in [0, 0.05) is 30.7 Å². The van der Waals surface area contributed by atoms with Gasteiger partial charge in [0.05, 0.1) is 17.5 Å². The third-order valence-corrected chi connectivity index (χ3v) is 12.4. The zero-order valence-electron chi connectivity index (χ0n) is 28.2. The molecule has 1 aromatic rings. The molecule has 4 N–H and O–H groups in total. The van der Waals surface area contributed by atoms with Crippen LogP contribution in [0.3, 0.4) is 0 Å². The predicted octanol–water partition coefficient (Wildman–Crippen LogP) is 4.72. The average Bonchev–Trinajstić information content (AvgIpc) is 3.34. The number of nitrogens with two attached hydrogens (primary N) is 2. The molecule has 1 aromatic heterocycles. The second-order valence-corrected chi connectivity index (χ2v) is 16.8. The van der Waals surface area contributed by atoms with Gasteiger partial charge in [-0.2, -0.15) is 0 Å². The van der Waals surface area contributed by atoms with E-state index in [0.717, 1.165) is 38.5 Å². The summed E-state index contributed by atoms with van der Waals surface area (Å²) in [6.45, 7) is 14.2. The Morgan fingerprint density at radius 2 is 1.67 bits per heavy atom. The van der Waals surface area contributed by atoms with E-state index in [2.05, 4.69) is 18.8 Å². The summed E-state index contributed by atoms with van der Waals surface area (Å²) in [5, 5.41) is 0. The molecule has 2 heterocycles. The molecule has 2 amide bonds. The largest absolute Gasteiger partial charge is 0.446 e. The maximum absolute atomic E-state index is 14.7. The van der Waals surface area contributed by atoms with Crippen molar-refractivity contribution in [1.29, 1.82) is 0 Å². The lowest BCUT2D eigenvalue weighted by Crippen LogP contribution is -2.48. The molecule has 0 radical (unpaired) electrons. The van der Waals surface area contributed by atoms with E-state index < -0.39 is 40.5 Å². The van der Waals surface area contributed by atoms with Crippen molar-refractivity contribution in [2.75, 3.05) is 6.54 Å². The molecule has 4 fully saturated rings. The highest BCUT2D eigenvalue weighted by molar-refractivity contribution is 6.36. The Hall–Kier alpha value is -2.88. The number of oxazole rings is 1. The highest BCUT2D eigenvalue weighted by Gasteiger charge is 2.85. The molecule has 45 heavy (non-hydrogen) atoms. The lowest BCUT2D eigenvalue weighted by atomic mass is 9.73. The zero-order valence-corrected chi connectivity index (χ0v) is 28.2. The van der Waals surface area contributed by atoms with Crippen LogP contribution in [0.2, 0.25) is 0 Å². The summed E-state index contributed by atoms with van der Waals surface area (Å²) in [4.78, 5) is 73.3. The van der Waals surface area contributed by atoms with Crippen LogP contribution in [-0.4, -0.2) is 51.6 Å². The number of hydrogen-bond acceptors (Lipinski definition) is 8. The molecule has 3 aliphatic carbocycles. The number of primary amides is 1. The van der Waals surface area contributed by atoms with Crippen LogP contribution in [0, 0.1) is 39.4 Å². The van der Waals surface area contributed by atoms with E-state index in [1.807, 2.05) is 20.8 Å². The predicted molar refractivity (Wildman–Crippen MR) is 167 cm³/mol. The minimum absolute atomic E-state index is 0.0423. The van der Waals surface area contributed by atoms with E-state index in [1.54, 1.807) is 18.7 Å². The van der Waals surface area contributed by atoms with E-state index in [9.17, 15) is 24.0 Å². The Bertz CT molecular complexity index is 1390. The molecule has 10 nitrogen and oxygen atoms in total. The third kappa shape index (κ3) is 5.48. The van der Waals surface area contributed by atoms with Crippen LogP contribution in [0.1, 0.15) is 129 Å². The standard InChI is InChI=1S/C35H52N4O6/c1-31(2,3)22(16-25(40)23-18-45-30(38-23)32(4,5)37)29(44)39-19-35(33(6,7)34(35)12-9-13-34)17-24(39)26(41)15-21(27(42)28(36)43)14-20-10-8-11-20/h18,20-22,24H,8-17,19,37H2,1-7H3,(H2,36,43)/t21?,22-,24+,35-/m1/s1. The van der Waals surface area contributed by atoms with Crippen molar-refractivity contribution in [3.05, 3.63) is 17.8 Å². The van der Waals surface area contributed by atoms with Crippen LogP contribution in [0.15, 0.2) is 10.7 Å². The SMILES string of the molecule is CC(C)(N)c1nc(C(=O)C[C@H](C(=O)N2C[C@]3(C[C@H]2C(=O)CC(CC2CCC2)C(=O)C(N)=O)C(C)(C)C32CCC2)C(C)(C)C)co1. The number of hydrogen-bond donors (Lipinski definition) is 2. The fourth-order valence-corrected chi connectivity index (χ4v) is 9.06. The number of Topliss-reactive ketones (excluding diaryl/α,β-unsaturated/α-hetero) is 3. The number of likely N-dealkylation sites (tertiary alicyclic amines) is 1. The number of fused-ring (bicyclic) bond motifs is 1. The lowest BCUT2D eigenvalue weighted by molar-refractivity contribution is -0.145. The summed E-state index contributed by atoms with van der Waals surface area (Å²) in [7, 11) is 0. The second kappa shape index (κ2) is 11.1. The zero-order chi connectivity index (χ0) is 33.3. The van der Waals surface area contributed by atoms with Gasteiger partial charge < -0.3 is 20.8 Å². The minimum atomic E-state index is -1.01. The van der Waals surface area contributed by atoms with Gasteiger partial charge in [0.2, 0.25) is 17.6 Å². The maximum atomic E-state index is 14.7. The molecule has 2 spiro atoms. The van der Waals surface area contributed by atoms with Crippen LogP contribution >= 0.6 is 0 Å². The summed E-state index contributed by atoms with van der Waals surface area (Å²) in [6.07, 6.45) is 8.39. The molecular weight excluding hydrogens is 572 g/mol. The smallest absolute Gasteiger partial charge is 0.285 e. The monoisotopic (exact) mass is 624 g/mol. The summed E-state index contributed by atoms with van der Waals surface area (Å²) < 4.78 is 5.48. The van der Waals surface area contributed by atoms with Gasteiger partial charge in [0.1, 0.15) is 12.0 Å². The van der Waals surface area contributed by atoms with Crippen molar-refractivity contribution >= 4 is 29.2 Å². The number of carbonyl (C=O) groups excluding carboxylic acids is 5. The fraction of sp³-hybridized carbons (Fsp3) is 0.771. The minimum Gasteiger partial charge on any atom is -0.446 e. The lowest BCUT2D eigenvalue weighted by Gasteiger charge is -2.35. The highest BCUT2D eigenvalue weighted by atomic mass is 16.3. The van der Waals surface area contributed by atoms with E-state index in [0.29, 0.717) is 25.3 Å². The van der Waals surface area contributed by atoms with Crippen LogP contribution in [0.4, 0.5) is 0 Å². The maximum Gasteiger partial charge on any atom is 0.285 e. The molecule has 5 rings (SSSR count). The van der Waals surface area contributed by atoms with Crippen molar-refractivity contribution in [1.82, 2.24) is 9.88 Å². The molecule has 1 saturated heterocycles. The highest BCUT2D eigenvalue weighted by Crippen LogP contribution is 2.88. The summed E-state index contributed by atoms with van der Waals surface area (Å²) in [5.74, 6) is -3.42. The average molecular weight is 625 g/mol. The number of nitrogens with zero attached hydrogens (tertiary/aromatic N) is 2. The molecule has 1 aliphatic heterocycles. The topological polar surface area (TPSA) is 167 Å². The first-order valence-corrected chi connectivity index (χ1v) is 16.7. The number of amides is 2. The first-order chi connectivity index (χ1) is 20.8. The summed E-state index contributed by atoms with van der Waals surface area (Å²) in [6, 6.07) is -0.724. The molecule has 4 atom stereocenters. The van der Waals surface area contributed by atoms with E-state index in [4.69, 9.17) is 15.9 Å². The quantitative estimate of drug-likeness (QED) is 0.249. The number of rotatable bonds is 12. The van der Waals surface area contributed by atoms with Crippen LogP contribution in [-0.2, 0) is 24.7 Å². The Labute approximate surface area is 266 Å². The van der Waals surface area contributed by atoms with Gasteiger partial charge in [-0.3, -0.25) is 24.0 Å². The molecule has 10 heteroatoms. The summed E-state index contributed by atoms with van der Waals surface area (Å²) in [5.41, 5.74) is 10.0. The molecule has 3 saturated carbocycles. The molecule has 248 valence electrons. The van der Waals surface area contributed by atoms with Gasteiger partial charge in [-0.15, -0.1) is 0 Å². The van der Waals surface area contributed by atoms with E-state index in [1.165, 1.54) is 6.26 Å². The van der Waals surface area contributed by atoms with Gasteiger partial charge in [-0.1, -0.05) is 60.3 Å². The van der Waals surface area contributed by atoms with Crippen LogP contribution < -0.4 is 11.5 Å². The van der Waals surface area contributed by atoms with E-state index >= 15 is 0 Å². The van der Waals surface area contributed by atoms with Gasteiger partial charge in [0.25, 0.3) is 5.91 Å². The summed E-state index contributed by atoms with van der Waals surface area (Å²) >= 11 is 0. The number of carbonyl (C=O) groups is 5. The molecular formula is C35H52N4O6. The van der Waals surface area contributed by atoms with Gasteiger partial charge in [-0.05, 0) is 61.7 Å². The van der Waals surface area contributed by atoms with E-state index in [-0.39, 0.29) is 58.1 Å². The number of ketones is 3. The van der Waals surface area contributed by atoms with Crippen molar-refractivity contribution in [2.24, 2.45) is 50.9 Å². The second-order valence-electron chi connectivity index (χ2n) is 16.8. The molecule has 4 aliphatic rings. The molecule has 0 bridgehead atoms. The van der Waals surface area contributed by atoms with Crippen LogP contribution in [0.25, 0.3) is 0 Å². The Balaban J connectivity index is 1.43. The first-order valence-electron chi connectivity index (χ1n) is 16.7. The van der Waals surface area contributed by atoms with Gasteiger partial charge >= 0.3 is 0 Å². The third-order valence-electron chi connectivity index (χ3n) is 12.4. The van der Waals surface area contributed by atoms with Crippen molar-refractivity contribution in [3.63, 3.8) is 0 Å². The Morgan fingerprint density at radius 1 is 1.02 bits per heavy atom. The van der Waals surface area contributed by atoms with Gasteiger partial charge in [0.15, 0.2) is 11.6 Å². The van der Waals surface area contributed by atoms with Crippen molar-refractivity contribution in [3.8, 4) is 0 Å². The normalized spacial score (nSPS) is 26.7. The first kappa shape index (κ1) is 33.5. The van der Waals surface area contributed by atoms with Gasteiger partial charge in [-0.25, -0.2) is 4.98 Å². The van der Waals surface area contributed by atoms with Crippen molar-refractivity contribution in [2.45, 2.75) is 124 Å². The number of aromatic nitrogens is 1. The molecule has 1 unspecified atom stereocenters. The Kier molecular flexibility index (Phi) is 8.28. The fourth-order valence-electron chi connectivity index (χ4n) is 9.06. The van der Waals surface area contributed by atoms with Crippen molar-refractivity contribution < 1.29 is 28.4 Å². The molecule has 0 aromatic carbocycles. The van der Waals surface area contributed by atoms with Crippen LogP contribution in [0.5, 0.6) is 0 Å². The Morgan fingerprint density at radius 3 is 2.11 bits per heavy atom.